The number of rotatable bonds is 4. The molecule has 0 bridgehead atoms. The molecule has 0 fully saturated rings. The van der Waals surface area contributed by atoms with E-state index in [0.29, 0.717) is 6.54 Å². The Morgan fingerprint density at radius 3 is 2.54 bits per heavy atom. The Kier molecular flexibility index (Phi) is 3.77. The summed E-state index contributed by atoms with van der Waals surface area (Å²) in [6, 6.07) is 15.5. The molecule has 116 valence electrons. The van der Waals surface area contributed by atoms with E-state index >= 15 is 0 Å². The van der Waals surface area contributed by atoms with Crippen LogP contribution in [0.2, 0.25) is 0 Å². The van der Waals surface area contributed by atoms with Gasteiger partial charge in [-0.1, -0.05) is 12.1 Å². The lowest BCUT2D eigenvalue weighted by atomic mass is 10.1. The van der Waals surface area contributed by atoms with E-state index in [1.165, 1.54) is 0 Å². The van der Waals surface area contributed by atoms with E-state index in [2.05, 4.69) is 25.3 Å². The Labute approximate surface area is 138 Å². The van der Waals surface area contributed by atoms with Gasteiger partial charge in [0, 0.05) is 24.2 Å². The lowest BCUT2D eigenvalue weighted by Crippen LogP contribution is -1.85. The average Bonchev–Trinajstić information content (AvgIpc) is 3.07. The number of nitrogens with zero attached hydrogens (tertiary/aromatic N) is 6. The van der Waals surface area contributed by atoms with Crippen LogP contribution in [0.1, 0.15) is 5.56 Å². The van der Waals surface area contributed by atoms with Crippen molar-refractivity contribution in [3.63, 3.8) is 0 Å². The molecule has 0 saturated heterocycles. The molecule has 0 aliphatic rings. The van der Waals surface area contributed by atoms with Crippen LogP contribution in [0, 0.1) is 0 Å². The number of benzene rings is 1. The normalized spacial score (nSPS) is 11.3. The topological polar surface area (TPSA) is 67.8 Å². The fourth-order valence-electron chi connectivity index (χ4n) is 2.36. The van der Waals surface area contributed by atoms with E-state index < -0.39 is 0 Å². The van der Waals surface area contributed by atoms with Crippen molar-refractivity contribution in [1.29, 1.82) is 0 Å². The maximum atomic E-state index is 4.55. The van der Waals surface area contributed by atoms with Gasteiger partial charge in [0.1, 0.15) is 0 Å². The molecule has 4 rings (SSSR count). The highest BCUT2D eigenvalue weighted by Crippen LogP contribution is 2.22. The largest absolute Gasteiger partial charge is 0.265 e. The third kappa shape index (κ3) is 3.03. The molecule has 24 heavy (non-hydrogen) atoms. The molecule has 0 spiro atoms. The van der Waals surface area contributed by atoms with Crippen molar-refractivity contribution in [2.24, 2.45) is 10.2 Å². The standard InChI is InChI=1S/C18H14N6/c1-2-18-22-17(13-24(18)21-9-1)15-3-5-16(6-4-15)23-20-12-14-7-10-19-11-8-14/h1-11,13H,12H2. The molecular weight excluding hydrogens is 300 g/mol. The summed E-state index contributed by atoms with van der Waals surface area (Å²) in [4.78, 5) is 8.54. The van der Waals surface area contributed by atoms with E-state index in [1.54, 1.807) is 23.1 Å². The second kappa shape index (κ2) is 6.37. The summed E-state index contributed by atoms with van der Waals surface area (Å²) in [5.41, 5.74) is 4.63. The Morgan fingerprint density at radius 2 is 1.75 bits per heavy atom. The summed E-state index contributed by atoms with van der Waals surface area (Å²) >= 11 is 0. The van der Waals surface area contributed by atoms with Crippen LogP contribution in [-0.2, 0) is 6.54 Å². The predicted octanol–water partition coefficient (Wildman–Crippen LogP) is 4.08. The first kappa shape index (κ1) is 14.2. The molecule has 1 aromatic carbocycles. The fourth-order valence-corrected chi connectivity index (χ4v) is 2.36. The first-order valence-electron chi connectivity index (χ1n) is 7.56. The van der Waals surface area contributed by atoms with Crippen LogP contribution < -0.4 is 0 Å². The van der Waals surface area contributed by atoms with Crippen LogP contribution in [0.25, 0.3) is 16.9 Å². The van der Waals surface area contributed by atoms with Crippen LogP contribution in [0.3, 0.4) is 0 Å². The molecule has 3 aromatic heterocycles. The van der Waals surface area contributed by atoms with Crippen molar-refractivity contribution < 1.29 is 0 Å². The van der Waals surface area contributed by atoms with E-state index in [9.17, 15) is 0 Å². The quantitative estimate of drug-likeness (QED) is 0.533. The van der Waals surface area contributed by atoms with Crippen molar-refractivity contribution in [2.75, 3.05) is 0 Å². The smallest absolute Gasteiger partial charge is 0.154 e. The van der Waals surface area contributed by atoms with Crippen LogP contribution >= 0.6 is 0 Å². The number of aromatic nitrogens is 4. The molecule has 0 amide bonds. The number of azo groups is 1. The van der Waals surface area contributed by atoms with Crippen molar-refractivity contribution in [1.82, 2.24) is 19.6 Å². The van der Waals surface area contributed by atoms with Crippen LogP contribution in [-0.4, -0.2) is 19.6 Å². The highest BCUT2D eigenvalue weighted by atomic mass is 15.2. The summed E-state index contributed by atoms with van der Waals surface area (Å²) in [5.74, 6) is 0. The molecule has 0 atom stereocenters. The van der Waals surface area contributed by atoms with Gasteiger partial charge in [0.15, 0.2) is 5.65 Å². The van der Waals surface area contributed by atoms with Gasteiger partial charge in [-0.05, 0) is 42.0 Å². The highest BCUT2D eigenvalue weighted by Gasteiger charge is 2.04. The Balaban J connectivity index is 1.50. The lowest BCUT2D eigenvalue weighted by Gasteiger charge is -1.97. The number of imidazole rings is 1. The lowest BCUT2D eigenvalue weighted by molar-refractivity contribution is 0.936. The van der Waals surface area contributed by atoms with Crippen molar-refractivity contribution in [3.05, 3.63) is 78.9 Å². The maximum Gasteiger partial charge on any atom is 0.154 e. The van der Waals surface area contributed by atoms with Gasteiger partial charge < -0.3 is 0 Å². The minimum Gasteiger partial charge on any atom is -0.265 e. The third-order valence-corrected chi connectivity index (χ3v) is 3.59. The van der Waals surface area contributed by atoms with Gasteiger partial charge in [-0.25, -0.2) is 9.50 Å². The maximum absolute atomic E-state index is 4.55. The zero-order valence-corrected chi connectivity index (χ0v) is 12.8. The Hall–Kier alpha value is -3.41. The van der Waals surface area contributed by atoms with Gasteiger partial charge in [-0.15, -0.1) is 0 Å². The minimum absolute atomic E-state index is 0.544. The van der Waals surface area contributed by atoms with Gasteiger partial charge in [-0.3, -0.25) is 4.98 Å². The predicted molar refractivity (Wildman–Crippen MR) is 90.9 cm³/mol. The fraction of sp³-hybridized carbons (Fsp3) is 0.0556. The van der Waals surface area contributed by atoms with Gasteiger partial charge in [0.25, 0.3) is 0 Å². The zero-order chi connectivity index (χ0) is 16.2. The summed E-state index contributed by atoms with van der Waals surface area (Å²) in [7, 11) is 0. The van der Waals surface area contributed by atoms with Crippen molar-refractivity contribution in [2.45, 2.75) is 6.54 Å². The summed E-state index contributed by atoms with van der Waals surface area (Å²) < 4.78 is 1.76. The molecule has 0 unspecified atom stereocenters. The molecule has 0 saturated carbocycles. The number of pyridine rings is 1. The van der Waals surface area contributed by atoms with Gasteiger partial charge >= 0.3 is 0 Å². The number of fused-ring (bicyclic) bond motifs is 1. The van der Waals surface area contributed by atoms with Gasteiger partial charge in [0.2, 0.25) is 0 Å². The van der Waals surface area contributed by atoms with Crippen LogP contribution in [0.5, 0.6) is 0 Å². The van der Waals surface area contributed by atoms with E-state index in [4.69, 9.17) is 0 Å². The molecule has 0 aliphatic carbocycles. The Bertz CT molecular complexity index is 940. The second-order valence-corrected chi connectivity index (χ2v) is 5.25. The first-order valence-corrected chi connectivity index (χ1v) is 7.56. The third-order valence-electron chi connectivity index (χ3n) is 3.59. The summed E-state index contributed by atoms with van der Waals surface area (Å²) in [6.07, 6.45) is 7.16. The molecular formula is C18H14N6. The van der Waals surface area contributed by atoms with E-state index in [0.717, 1.165) is 28.2 Å². The molecule has 3 heterocycles. The highest BCUT2D eigenvalue weighted by molar-refractivity contribution is 5.64. The van der Waals surface area contributed by atoms with Crippen molar-refractivity contribution >= 4 is 11.3 Å². The molecule has 6 heteroatoms. The SMILES string of the molecule is c1cnn2cc(-c3ccc(N=NCc4ccncc4)cc3)nc2c1. The minimum atomic E-state index is 0.544. The van der Waals surface area contributed by atoms with Crippen LogP contribution in [0.4, 0.5) is 5.69 Å². The summed E-state index contributed by atoms with van der Waals surface area (Å²) in [5, 5.41) is 12.7. The first-order chi connectivity index (χ1) is 11.9. The van der Waals surface area contributed by atoms with Gasteiger partial charge in [0.05, 0.1) is 24.1 Å². The molecule has 0 radical (unpaired) electrons. The molecule has 6 nitrogen and oxygen atoms in total. The number of hydrogen-bond donors (Lipinski definition) is 0. The van der Waals surface area contributed by atoms with Crippen molar-refractivity contribution in [3.8, 4) is 11.3 Å². The molecule has 4 aromatic rings. The second-order valence-electron chi connectivity index (χ2n) is 5.25. The van der Waals surface area contributed by atoms with E-state index in [1.807, 2.05) is 54.7 Å². The molecule has 0 N–H and O–H groups in total. The molecule has 0 aliphatic heterocycles. The zero-order valence-electron chi connectivity index (χ0n) is 12.8. The van der Waals surface area contributed by atoms with Gasteiger partial charge in [-0.2, -0.15) is 15.3 Å². The summed E-state index contributed by atoms with van der Waals surface area (Å²) in [6.45, 7) is 0.544. The number of hydrogen-bond acceptors (Lipinski definition) is 5. The van der Waals surface area contributed by atoms with E-state index in [-0.39, 0.29) is 0 Å². The Morgan fingerprint density at radius 1 is 0.917 bits per heavy atom. The average molecular weight is 314 g/mol. The monoisotopic (exact) mass is 314 g/mol. The van der Waals surface area contributed by atoms with Crippen LogP contribution in [0.15, 0.2) is 83.5 Å².